The number of rotatable bonds is 1. The Morgan fingerprint density at radius 1 is 1.40 bits per heavy atom. The molecule has 0 radical (unpaired) electrons. The summed E-state index contributed by atoms with van der Waals surface area (Å²) in [5.41, 5.74) is 0.581. The first kappa shape index (κ1) is 14.9. The average Bonchev–Trinajstić information content (AvgIpc) is 2.35. The van der Waals surface area contributed by atoms with Crippen molar-refractivity contribution in [2.75, 3.05) is 6.54 Å². The highest BCUT2D eigenvalue weighted by atomic mass is 16.6. The van der Waals surface area contributed by atoms with Crippen LogP contribution >= 0.6 is 0 Å². The number of hydrogen-bond acceptors (Lipinski definition) is 3. The topological polar surface area (TPSA) is 66.8 Å². The average molecular weight is 281 g/mol. The van der Waals surface area contributed by atoms with E-state index < -0.39 is 23.7 Å². The molecule has 0 spiro atoms. The molecule has 2 atom stereocenters. The van der Waals surface area contributed by atoms with Gasteiger partial charge in [-0.2, -0.15) is 0 Å². The predicted molar refractivity (Wildman–Crippen MR) is 74.4 cm³/mol. The number of carbonyl (C=O) groups excluding carboxylic acids is 1. The zero-order valence-corrected chi connectivity index (χ0v) is 12.4. The number of piperidine rings is 1. The van der Waals surface area contributed by atoms with E-state index in [1.54, 1.807) is 20.8 Å². The Morgan fingerprint density at radius 3 is 2.70 bits per heavy atom. The van der Waals surface area contributed by atoms with E-state index in [4.69, 9.17) is 4.74 Å². The fraction of sp³-hybridized carbons (Fsp3) is 0.733. The molecule has 1 aliphatic heterocycles. The van der Waals surface area contributed by atoms with Crippen LogP contribution in [0.1, 0.15) is 46.5 Å². The van der Waals surface area contributed by atoms with Crippen molar-refractivity contribution in [2.45, 2.75) is 58.1 Å². The van der Waals surface area contributed by atoms with Crippen LogP contribution in [0.4, 0.5) is 4.79 Å². The van der Waals surface area contributed by atoms with Crippen molar-refractivity contribution in [3.05, 3.63) is 11.6 Å². The monoisotopic (exact) mass is 281 g/mol. The third-order valence-corrected chi connectivity index (χ3v) is 3.84. The summed E-state index contributed by atoms with van der Waals surface area (Å²) in [5.74, 6) is -0.635. The Kier molecular flexibility index (Phi) is 4.06. The molecule has 0 bridgehead atoms. The second kappa shape index (κ2) is 5.46. The molecule has 0 aromatic carbocycles. The first-order valence-electron chi connectivity index (χ1n) is 7.19. The number of ether oxygens (including phenoxy) is 1. The third-order valence-electron chi connectivity index (χ3n) is 3.84. The van der Waals surface area contributed by atoms with Crippen molar-refractivity contribution in [1.82, 2.24) is 4.90 Å². The molecule has 1 aliphatic carbocycles. The lowest BCUT2D eigenvalue weighted by atomic mass is 9.79. The molecule has 0 saturated carbocycles. The molecule has 5 nitrogen and oxygen atoms in total. The van der Waals surface area contributed by atoms with Crippen LogP contribution in [0.15, 0.2) is 11.6 Å². The number of allylic oxidation sites excluding steroid dienone is 1. The van der Waals surface area contributed by atoms with Gasteiger partial charge in [-0.1, -0.05) is 11.6 Å². The van der Waals surface area contributed by atoms with Gasteiger partial charge >= 0.3 is 12.1 Å². The zero-order valence-electron chi connectivity index (χ0n) is 12.4. The van der Waals surface area contributed by atoms with Gasteiger partial charge in [0.2, 0.25) is 0 Å². The molecular weight excluding hydrogens is 258 g/mol. The second-order valence-electron chi connectivity index (χ2n) is 6.60. The molecule has 112 valence electrons. The lowest BCUT2D eigenvalue weighted by Crippen LogP contribution is -2.52. The Balaban J connectivity index is 2.17. The fourth-order valence-corrected chi connectivity index (χ4v) is 2.92. The standard InChI is InChI=1S/C15H23NO4/c1-15(2,3)20-14(19)16-9-11-7-5-4-6-10(11)8-12(16)13(17)18/h7,10,12H,4-6,8-9H2,1-3H3,(H,17,18)/t10-,12-/m0/s1. The molecule has 1 fully saturated rings. The molecule has 1 heterocycles. The van der Waals surface area contributed by atoms with Crippen LogP contribution in [0.3, 0.4) is 0 Å². The van der Waals surface area contributed by atoms with Gasteiger partial charge in [0.25, 0.3) is 0 Å². The zero-order chi connectivity index (χ0) is 14.9. The maximum Gasteiger partial charge on any atom is 0.411 e. The highest BCUT2D eigenvalue weighted by molar-refractivity contribution is 5.81. The SMILES string of the molecule is CC(C)(C)OC(=O)N1CC2=CCCC[C@H]2C[C@H]1C(=O)O. The molecule has 20 heavy (non-hydrogen) atoms. The first-order valence-corrected chi connectivity index (χ1v) is 7.19. The van der Waals surface area contributed by atoms with Gasteiger partial charge in [0.05, 0.1) is 0 Å². The largest absolute Gasteiger partial charge is 0.480 e. The van der Waals surface area contributed by atoms with Crippen LogP contribution in [0.25, 0.3) is 0 Å². The van der Waals surface area contributed by atoms with Crippen LogP contribution in [0.2, 0.25) is 0 Å². The fourth-order valence-electron chi connectivity index (χ4n) is 2.92. The summed E-state index contributed by atoms with van der Waals surface area (Å²) in [7, 11) is 0. The van der Waals surface area contributed by atoms with Gasteiger partial charge in [-0.3, -0.25) is 4.90 Å². The number of aliphatic carboxylic acids is 1. The number of nitrogens with zero attached hydrogens (tertiary/aromatic N) is 1. The van der Waals surface area contributed by atoms with E-state index >= 15 is 0 Å². The minimum absolute atomic E-state index is 0.309. The van der Waals surface area contributed by atoms with Crippen LogP contribution in [0, 0.1) is 5.92 Å². The van der Waals surface area contributed by atoms with Gasteiger partial charge < -0.3 is 9.84 Å². The lowest BCUT2D eigenvalue weighted by Gasteiger charge is -2.40. The van der Waals surface area contributed by atoms with Crippen molar-refractivity contribution in [3.8, 4) is 0 Å². The number of amides is 1. The maximum absolute atomic E-state index is 12.2. The number of carboxylic acids is 1. The molecule has 1 N–H and O–H groups in total. The number of hydrogen-bond donors (Lipinski definition) is 1. The Bertz CT molecular complexity index is 436. The minimum atomic E-state index is -0.944. The lowest BCUT2D eigenvalue weighted by molar-refractivity contribution is -0.144. The van der Waals surface area contributed by atoms with E-state index in [1.165, 1.54) is 10.5 Å². The highest BCUT2D eigenvalue weighted by Crippen LogP contribution is 2.35. The van der Waals surface area contributed by atoms with Gasteiger partial charge in [-0.25, -0.2) is 9.59 Å². The van der Waals surface area contributed by atoms with Crippen LogP contribution in [0.5, 0.6) is 0 Å². The number of carboxylic acid groups (broad SMARTS) is 1. The summed E-state index contributed by atoms with van der Waals surface area (Å²) in [5, 5.41) is 9.38. The van der Waals surface area contributed by atoms with E-state index in [1.807, 2.05) is 0 Å². The molecule has 0 aromatic rings. The van der Waals surface area contributed by atoms with Gasteiger partial charge in [0.1, 0.15) is 11.6 Å². The normalized spacial score (nSPS) is 26.6. The van der Waals surface area contributed by atoms with E-state index in [0.29, 0.717) is 18.9 Å². The smallest absolute Gasteiger partial charge is 0.411 e. The predicted octanol–water partition coefficient (Wildman–Crippen LogP) is 2.81. The maximum atomic E-state index is 12.2. The van der Waals surface area contributed by atoms with Crippen molar-refractivity contribution in [2.24, 2.45) is 5.92 Å². The Morgan fingerprint density at radius 2 is 2.10 bits per heavy atom. The number of carbonyl (C=O) groups is 2. The van der Waals surface area contributed by atoms with Crippen molar-refractivity contribution in [1.29, 1.82) is 0 Å². The van der Waals surface area contributed by atoms with E-state index in [-0.39, 0.29) is 0 Å². The Hall–Kier alpha value is -1.52. The van der Waals surface area contributed by atoms with E-state index in [2.05, 4.69) is 6.08 Å². The Labute approximate surface area is 119 Å². The molecule has 2 rings (SSSR count). The quantitative estimate of drug-likeness (QED) is 0.750. The van der Waals surface area contributed by atoms with Crippen molar-refractivity contribution >= 4 is 12.1 Å². The van der Waals surface area contributed by atoms with Crippen LogP contribution in [-0.4, -0.2) is 40.3 Å². The first-order chi connectivity index (χ1) is 9.28. The summed E-state index contributed by atoms with van der Waals surface area (Å²) >= 11 is 0. The second-order valence-corrected chi connectivity index (χ2v) is 6.60. The molecule has 0 unspecified atom stereocenters. The van der Waals surface area contributed by atoms with Crippen LogP contribution in [-0.2, 0) is 9.53 Å². The van der Waals surface area contributed by atoms with Gasteiger partial charge in [0, 0.05) is 6.54 Å². The molecule has 5 heteroatoms. The molecule has 2 aliphatic rings. The van der Waals surface area contributed by atoms with Crippen molar-refractivity contribution < 1.29 is 19.4 Å². The summed E-state index contributed by atoms with van der Waals surface area (Å²) < 4.78 is 5.33. The summed E-state index contributed by atoms with van der Waals surface area (Å²) in [4.78, 5) is 25.0. The number of likely N-dealkylation sites (tertiary alicyclic amines) is 1. The summed E-state index contributed by atoms with van der Waals surface area (Å²) in [6.07, 6.45) is 5.27. The number of fused-ring (bicyclic) bond motifs is 1. The van der Waals surface area contributed by atoms with Crippen molar-refractivity contribution in [3.63, 3.8) is 0 Å². The minimum Gasteiger partial charge on any atom is -0.480 e. The molecule has 1 saturated heterocycles. The van der Waals surface area contributed by atoms with Gasteiger partial charge in [-0.15, -0.1) is 0 Å². The molecule has 0 aromatic heterocycles. The molecule has 1 amide bonds. The summed E-state index contributed by atoms with van der Waals surface area (Å²) in [6.45, 7) is 5.74. The van der Waals surface area contributed by atoms with E-state index in [9.17, 15) is 14.7 Å². The van der Waals surface area contributed by atoms with Gasteiger partial charge in [-0.05, 0) is 52.4 Å². The van der Waals surface area contributed by atoms with Crippen LogP contribution < -0.4 is 0 Å². The van der Waals surface area contributed by atoms with E-state index in [0.717, 1.165) is 19.3 Å². The third kappa shape index (κ3) is 3.32. The molecular formula is C15H23NO4. The summed E-state index contributed by atoms with van der Waals surface area (Å²) in [6, 6.07) is -0.773. The van der Waals surface area contributed by atoms with Gasteiger partial charge in [0.15, 0.2) is 0 Å². The highest BCUT2D eigenvalue weighted by Gasteiger charge is 2.40.